The van der Waals surface area contributed by atoms with Crippen molar-refractivity contribution in [3.05, 3.63) is 34.9 Å². The van der Waals surface area contributed by atoms with Gasteiger partial charge >= 0.3 is 5.97 Å². The number of carboxylic acids is 1. The number of carbonyl (C=O) groups excluding carboxylic acids is 1. The molecular formula is C13H14N4O3S. The van der Waals surface area contributed by atoms with Gasteiger partial charge in [-0.1, -0.05) is 0 Å². The molecular weight excluding hydrogens is 292 g/mol. The van der Waals surface area contributed by atoms with Crippen molar-refractivity contribution in [2.24, 2.45) is 0 Å². The van der Waals surface area contributed by atoms with Crippen LogP contribution in [0.5, 0.6) is 0 Å². The summed E-state index contributed by atoms with van der Waals surface area (Å²) in [7, 11) is 0. The minimum atomic E-state index is -0.822. The molecule has 7 nitrogen and oxygen atoms in total. The third-order valence-electron chi connectivity index (χ3n) is 2.61. The molecule has 0 bridgehead atoms. The number of nitrogens with one attached hydrogen (secondary N) is 1. The first-order valence-electron chi connectivity index (χ1n) is 6.31. The lowest BCUT2D eigenvalue weighted by Crippen LogP contribution is -2.14. The standard InChI is InChI=1S/C13H14N4O3S/c1-8-5-15-10(6-14-8)12(20)17-13-16-9(7-21-13)3-2-4-11(18)19/h5-7H,2-4H2,1H3,(H,18,19)(H,16,17,20). The zero-order valence-corrected chi connectivity index (χ0v) is 12.2. The van der Waals surface area contributed by atoms with Crippen molar-refractivity contribution < 1.29 is 14.7 Å². The second-order valence-electron chi connectivity index (χ2n) is 4.39. The van der Waals surface area contributed by atoms with Crippen LogP contribution >= 0.6 is 11.3 Å². The van der Waals surface area contributed by atoms with Crippen molar-refractivity contribution >= 4 is 28.3 Å². The normalized spacial score (nSPS) is 10.3. The van der Waals surface area contributed by atoms with Crippen LogP contribution < -0.4 is 5.32 Å². The zero-order chi connectivity index (χ0) is 15.2. The highest BCUT2D eigenvalue weighted by Crippen LogP contribution is 2.17. The van der Waals surface area contributed by atoms with E-state index >= 15 is 0 Å². The van der Waals surface area contributed by atoms with Gasteiger partial charge in [0, 0.05) is 18.0 Å². The quantitative estimate of drug-likeness (QED) is 0.844. The minimum absolute atomic E-state index is 0.109. The molecule has 21 heavy (non-hydrogen) atoms. The summed E-state index contributed by atoms with van der Waals surface area (Å²) in [5.74, 6) is -1.19. The first kappa shape index (κ1) is 15.0. The molecule has 110 valence electrons. The Morgan fingerprint density at radius 1 is 1.33 bits per heavy atom. The number of amides is 1. The maximum Gasteiger partial charge on any atom is 0.303 e. The fourth-order valence-electron chi connectivity index (χ4n) is 1.57. The summed E-state index contributed by atoms with van der Waals surface area (Å²) in [6.07, 6.45) is 4.14. The van der Waals surface area contributed by atoms with E-state index in [1.54, 1.807) is 12.3 Å². The number of anilines is 1. The van der Waals surface area contributed by atoms with Crippen LogP contribution in [0.4, 0.5) is 5.13 Å². The molecule has 0 saturated heterocycles. The van der Waals surface area contributed by atoms with Crippen molar-refractivity contribution in [2.45, 2.75) is 26.2 Å². The first-order valence-corrected chi connectivity index (χ1v) is 7.19. The summed E-state index contributed by atoms with van der Waals surface area (Å²) in [6.45, 7) is 1.79. The van der Waals surface area contributed by atoms with Gasteiger partial charge < -0.3 is 5.11 Å². The molecule has 0 aliphatic carbocycles. The van der Waals surface area contributed by atoms with Crippen LogP contribution in [0.1, 0.15) is 34.7 Å². The smallest absolute Gasteiger partial charge is 0.303 e. The van der Waals surface area contributed by atoms with Crippen molar-refractivity contribution in [1.82, 2.24) is 15.0 Å². The van der Waals surface area contributed by atoms with Crippen LogP contribution in [-0.2, 0) is 11.2 Å². The molecule has 0 aliphatic heterocycles. The van der Waals surface area contributed by atoms with E-state index in [9.17, 15) is 9.59 Å². The van der Waals surface area contributed by atoms with E-state index in [0.29, 0.717) is 18.0 Å². The van der Waals surface area contributed by atoms with Gasteiger partial charge in [0.1, 0.15) is 5.69 Å². The van der Waals surface area contributed by atoms with Crippen LogP contribution in [0.25, 0.3) is 0 Å². The number of hydrogen-bond acceptors (Lipinski definition) is 6. The number of hydrogen-bond donors (Lipinski definition) is 2. The first-order chi connectivity index (χ1) is 10.0. The number of carbonyl (C=O) groups is 2. The minimum Gasteiger partial charge on any atom is -0.481 e. The molecule has 0 fully saturated rings. The monoisotopic (exact) mass is 306 g/mol. The van der Waals surface area contributed by atoms with Crippen molar-refractivity contribution in [1.29, 1.82) is 0 Å². The summed E-state index contributed by atoms with van der Waals surface area (Å²) in [6, 6.07) is 0. The van der Waals surface area contributed by atoms with E-state index in [2.05, 4.69) is 20.3 Å². The summed E-state index contributed by atoms with van der Waals surface area (Å²) >= 11 is 1.30. The third kappa shape index (κ3) is 4.60. The molecule has 2 heterocycles. The number of aromatic nitrogens is 3. The number of nitrogens with zero attached hydrogens (tertiary/aromatic N) is 3. The average molecular weight is 306 g/mol. The predicted molar refractivity (Wildman–Crippen MR) is 77.4 cm³/mol. The summed E-state index contributed by atoms with van der Waals surface area (Å²) in [4.78, 5) is 34.6. The lowest BCUT2D eigenvalue weighted by molar-refractivity contribution is -0.137. The molecule has 0 saturated carbocycles. The molecule has 0 unspecified atom stereocenters. The molecule has 1 amide bonds. The summed E-state index contributed by atoms with van der Waals surface area (Å²) < 4.78 is 0. The summed E-state index contributed by atoms with van der Waals surface area (Å²) in [5, 5.41) is 13.5. The second-order valence-corrected chi connectivity index (χ2v) is 5.25. The van der Waals surface area contributed by atoms with Crippen molar-refractivity contribution in [2.75, 3.05) is 5.32 Å². The van der Waals surface area contributed by atoms with Gasteiger partial charge in [-0.25, -0.2) is 9.97 Å². The lowest BCUT2D eigenvalue weighted by Gasteiger charge is -2.00. The Hall–Kier alpha value is -2.35. The Balaban J connectivity index is 1.91. The Morgan fingerprint density at radius 3 is 2.81 bits per heavy atom. The van der Waals surface area contributed by atoms with E-state index in [1.807, 2.05) is 0 Å². The van der Waals surface area contributed by atoms with Gasteiger partial charge in [0.05, 0.1) is 17.6 Å². The molecule has 0 aromatic carbocycles. The van der Waals surface area contributed by atoms with Gasteiger partial charge in [-0.2, -0.15) is 0 Å². The van der Waals surface area contributed by atoms with Gasteiger partial charge in [-0.05, 0) is 19.8 Å². The number of thiazole rings is 1. The maximum atomic E-state index is 11.9. The molecule has 2 N–H and O–H groups in total. The molecule has 2 rings (SSSR count). The Bertz CT molecular complexity index is 639. The largest absolute Gasteiger partial charge is 0.481 e. The Kier molecular flexibility index (Phi) is 4.94. The molecule has 2 aromatic rings. The van der Waals surface area contributed by atoms with E-state index in [1.165, 1.54) is 23.7 Å². The second kappa shape index (κ2) is 6.89. The van der Waals surface area contributed by atoms with Crippen LogP contribution in [0.3, 0.4) is 0 Å². The number of aryl methyl sites for hydroxylation is 2. The lowest BCUT2D eigenvalue weighted by atomic mass is 10.2. The highest BCUT2D eigenvalue weighted by Gasteiger charge is 2.11. The molecule has 0 aliphatic rings. The highest BCUT2D eigenvalue weighted by molar-refractivity contribution is 7.13. The van der Waals surface area contributed by atoms with Crippen molar-refractivity contribution in [3.8, 4) is 0 Å². The van der Waals surface area contributed by atoms with Gasteiger partial charge in [0.15, 0.2) is 5.13 Å². The van der Waals surface area contributed by atoms with Gasteiger partial charge in [0.25, 0.3) is 5.91 Å². The van der Waals surface area contributed by atoms with E-state index in [0.717, 1.165) is 11.4 Å². The number of carboxylic acid groups (broad SMARTS) is 1. The number of aliphatic carboxylic acids is 1. The SMILES string of the molecule is Cc1cnc(C(=O)Nc2nc(CCCC(=O)O)cs2)cn1. The van der Waals surface area contributed by atoms with E-state index in [-0.39, 0.29) is 18.0 Å². The fourth-order valence-corrected chi connectivity index (χ4v) is 2.31. The molecule has 0 atom stereocenters. The number of rotatable bonds is 6. The zero-order valence-electron chi connectivity index (χ0n) is 11.4. The van der Waals surface area contributed by atoms with E-state index in [4.69, 9.17) is 5.11 Å². The molecule has 2 aromatic heterocycles. The van der Waals surface area contributed by atoms with E-state index < -0.39 is 5.97 Å². The van der Waals surface area contributed by atoms with Gasteiger partial charge in [0.2, 0.25) is 0 Å². The molecule has 0 radical (unpaired) electrons. The van der Waals surface area contributed by atoms with Crippen LogP contribution in [0.15, 0.2) is 17.8 Å². The summed E-state index contributed by atoms with van der Waals surface area (Å²) in [5.41, 5.74) is 1.73. The topological polar surface area (TPSA) is 105 Å². The average Bonchev–Trinajstić information content (AvgIpc) is 2.86. The fraction of sp³-hybridized carbons (Fsp3) is 0.308. The van der Waals surface area contributed by atoms with Crippen molar-refractivity contribution in [3.63, 3.8) is 0 Å². The van der Waals surface area contributed by atoms with Gasteiger partial charge in [-0.3, -0.25) is 19.9 Å². The van der Waals surface area contributed by atoms with Gasteiger partial charge in [-0.15, -0.1) is 11.3 Å². The Labute approximate surface area is 125 Å². The maximum absolute atomic E-state index is 11.9. The third-order valence-corrected chi connectivity index (χ3v) is 3.42. The van der Waals surface area contributed by atoms with Crippen LogP contribution in [0.2, 0.25) is 0 Å². The molecule has 0 spiro atoms. The highest BCUT2D eigenvalue weighted by atomic mass is 32.1. The predicted octanol–water partition coefficient (Wildman–Crippen LogP) is 1.90. The Morgan fingerprint density at radius 2 is 2.14 bits per heavy atom. The van der Waals surface area contributed by atoms with Crippen LogP contribution in [-0.4, -0.2) is 31.9 Å². The van der Waals surface area contributed by atoms with Crippen LogP contribution in [0, 0.1) is 6.92 Å². The molecule has 8 heteroatoms.